The lowest BCUT2D eigenvalue weighted by Gasteiger charge is -2.24. The molecule has 1 fully saturated rings. The molecule has 21 heavy (non-hydrogen) atoms. The van der Waals surface area contributed by atoms with Crippen molar-refractivity contribution in [3.8, 4) is 0 Å². The van der Waals surface area contributed by atoms with Gasteiger partial charge in [-0.05, 0) is 50.9 Å². The number of para-hydroxylation sites is 1. The fourth-order valence-corrected chi connectivity index (χ4v) is 3.09. The standard InChI is InChI=1S/C17H26N4/c1-3-4-12-21-15-7-5-6-13(2)16(15)20-17(21)19-14-8-10-18-11-9-14/h5-7,14,18H,3-4,8-12H2,1-2H3,(H,19,20). The van der Waals surface area contributed by atoms with Gasteiger partial charge in [0.2, 0.25) is 5.95 Å². The number of nitrogens with one attached hydrogen (secondary N) is 2. The van der Waals surface area contributed by atoms with Gasteiger partial charge in [0.15, 0.2) is 0 Å². The van der Waals surface area contributed by atoms with E-state index in [1.807, 2.05) is 0 Å². The molecule has 4 nitrogen and oxygen atoms in total. The molecule has 3 rings (SSSR count). The maximum absolute atomic E-state index is 4.89. The maximum Gasteiger partial charge on any atom is 0.204 e. The largest absolute Gasteiger partial charge is 0.353 e. The Kier molecular flexibility index (Phi) is 4.44. The van der Waals surface area contributed by atoms with Crippen molar-refractivity contribution in [1.82, 2.24) is 14.9 Å². The van der Waals surface area contributed by atoms with Crippen molar-refractivity contribution in [2.45, 2.75) is 52.1 Å². The Morgan fingerprint density at radius 2 is 2.14 bits per heavy atom. The lowest BCUT2D eigenvalue weighted by atomic mass is 10.1. The molecule has 0 spiro atoms. The van der Waals surface area contributed by atoms with Crippen molar-refractivity contribution in [2.75, 3.05) is 18.4 Å². The number of rotatable bonds is 5. The average Bonchev–Trinajstić information content (AvgIpc) is 2.85. The van der Waals surface area contributed by atoms with Gasteiger partial charge in [0.1, 0.15) is 0 Å². The zero-order valence-electron chi connectivity index (χ0n) is 13.2. The van der Waals surface area contributed by atoms with E-state index in [0.29, 0.717) is 6.04 Å². The number of aromatic nitrogens is 2. The van der Waals surface area contributed by atoms with Gasteiger partial charge >= 0.3 is 0 Å². The second-order valence-electron chi connectivity index (χ2n) is 6.05. The Morgan fingerprint density at radius 1 is 1.33 bits per heavy atom. The lowest BCUT2D eigenvalue weighted by molar-refractivity contribution is 0.475. The van der Waals surface area contributed by atoms with E-state index < -0.39 is 0 Å². The van der Waals surface area contributed by atoms with Crippen LogP contribution in [0.1, 0.15) is 38.2 Å². The number of aryl methyl sites for hydroxylation is 2. The number of hydrogen-bond acceptors (Lipinski definition) is 3. The SMILES string of the molecule is CCCCn1c(NC2CCNCC2)nc2c(C)cccc21. The van der Waals surface area contributed by atoms with E-state index in [4.69, 9.17) is 4.98 Å². The predicted octanol–water partition coefficient (Wildman–Crippen LogP) is 3.31. The number of nitrogens with zero attached hydrogens (tertiary/aromatic N) is 2. The van der Waals surface area contributed by atoms with Gasteiger partial charge in [-0.2, -0.15) is 0 Å². The summed E-state index contributed by atoms with van der Waals surface area (Å²) in [6, 6.07) is 7.02. The van der Waals surface area contributed by atoms with Crippen LogP contribution in [0.15, 0.2) is 18.2 Å². The lowest BCUT2D eigenvalue weighted by Crippen LogP contribution is -2.36. The first kappa shape index (κ1) is 14.4. The molecule has 0 unspecified atom stereocenters. The van der Waals surface area contributed by atoms with E-state index in [-0.39, 0.29) is 0 Å². The zero-order valence-corrected chi connectivity index (χ0v) is 13.2. The summed E-state index contributed by atoms with van der Waals surface area (Å²) in [5, 5.41) is 7.10. The first-order chi connectivity index (χ1) is 10.3. The number of imidazole rings is 1. The van der Waals surface area contributed by atoms with Gasteiger partial charge in [-0.25, -0.2) is 4.98 Å². The van der Waals surface area contributed by atoms with E-state index in [0.717, 1.165) is 31.1 Å². The number of hydrogen-bond donors (Lipinski definition) is 2. The fraction of sp³-hybridized carbons (Fsp3) is 0.588. The van der Waals surface area contributed by atoms with Crippen LogP contribution in [0.2, 0.25) is 0 Å². The normalized spacial score (nSPS) is 16.5. The van der Waals surface area contributed by atoms with Gasteiger partial charge in [-0.15, -0.1) is 0 Å². The van der Waals surface area contributed by atoms with Crippen LogP contribution in [-0.4, -0.2) is 28.7 Å². The van der Waals surface area contributed by atoms with Crippen LogP contribution in [0, 0.1) is 6.92 Å². The van der Waals surface area contributed by atoms with Crippen LogP contribution in [0.25, 0.3) is 11.0 Å². The van der Waals surface area contributed by atoms with Gasteiger partial charge in [-0.3, -0.25) is 0 Å². The zero-order chi connectivity index (χ0) is 14.7. The number of fused-ring (bicyclic) bond motifs is 1. The molecular formula is C17H26N4. The summed E-state index contributed by atoms with van der Waals surface area (Å²) >= 11 is 0. The summed E-state index contributed by atoms with van der Waals surface area (Å²) in [5.41, 5.74) is 3.67. The van der Waals surface area contributed by atoms with E-state index in [1.54, 1.807) is 0 Å². The van der Waals surface area contributed by atoms with Crippen LogP contribution in [0.5, 0.6) is 0 Å². The third kappa shape index (κ3) is 3.05. The van der Waals surface area contributed by atoms with Crippen LogP contribution >= 0.6 is 0 Å². The second kappa shape index (κ2) is 6.48. The number of benzene rings is 1. The molecule has 0 bridgehead atoms. The number of piperidine rings is 1. The van der Waals surface area contributed by atoms with Crippen molar-refractivity contribution in [3.05, 3.63) is 23.8 Å². The molecule has 1 aromatic carbocycles. The molecule has 114 valence electrons. The fourth-order valence-electron chi connectivity index (χ4n) is 3.09. The van der Waals surface area contributed by atoms with Crippen molar-refractivity contribution in [2.24, 2.45) is 0 Å². The minimum atomic E-state index is 0.545. The Morgan fingerprint density at radius 3 is 2.90 bits per heavy atom. The highest BCUT2D eigenvalue weighted by Crippen LogP contribution is 2.24. The molecular weight excluding hydrogens is 260 g/mol. The highest BCUT2D eigenvalue weighted by Gasteiger charge is 2.17. The second-order valence-corrected chi connectivity index (χ2v) is 6.05. The van der Waals surface area contributed by atoms with Crippen LogP contribution in [0.4, 0.5) is 5.95 Å². The molecule has 1 aliphatic rings. The Bertz CT molecular complexity index is 596. The molecule has 1 aromatic heterocycles. The predicted molar refractivity (Wildman–Crippen MR) is 88.9 cm³/mol. The van der Waals surface area contributed by atoms with Gasteiger partial charge in [0.05, 0.1) is 11.0 Å². The van der Waals surface area contributed by atoms with Crippen LogP contribution < -0.4 is 10.6 Å². The molecule has 0 atom stereocenters. The monoisotopic (exact) mass is 286 g/mol. The molecule has 2 heterocycles. The number of unbranched alkanes of at least 4 members (excludes halogenated alkanes) is 1. The van der Waals surface area contributed by atoms with Gasteiger partial charge in [-0.1, -0.05) is 25.5 Å². The highest BCUT2D eigenvalue weighted by atomic mass is 15.2. The molecule has 2 N–H and O–H groups in total. The first-order valence-corrected chi connectivity index (χ1v) is 8.22. The summed E-state index contributed by atoms with van der Waals surface area (Å²) in [4.78, 5) is 4.89. The minimum Gasteiger partial charge on any atom is -0.353 e. The smallest absolute Gasteiger partial charge is 0.204 e. The highest BCUT2D eigenvalue weighted by molar-refractivity contribution is 5.81. The third-order valence-corrected chi connectivity index (χ3v) is 4.39. The summed E-state index contributed by atoms with van der Waals surface area (Å²) in [6.07, 6.45) is 4.75. The van der Waals surface area contributed by atoms with Crippen LogP contribution in [0.3, 0.4) is 0 Å². The molecule has 0 amide bonds. The Balaban J connectivity index is 1.92. The van der Waals surface area contributed by atoms with E-state index >= 15 is 0 Å². The minimum absolute atomic E-state index is 0.545. The van der Waals surface area contributed by atoms with Crippen molar-refractivity contribution in [3.63, 3.8) is 0 Å². The third-order valence-electron chi connectivity index (χ3n) is 4.39. The Labute approximate surface area is 126 Å². The van der Waals surface area contributed by atoms with Gasteiger partial charge in [0, 0.05) is 12.6 Å². The Hall–Kier alpha value is -1.55. The topological polar surface area (TPSA) is 41.9 Å². The molecule has 2 aromatic rings. The quantitative estimate of drug-likeness (QED) is 0.886. The van der Waals surface area contributed by atoms with Crippen molar-refractivity contribution in [1.29, 1.82) is 0 Å². The molecule has 0 saturated carbocycles. The van der Waals surface area contributed by atoms with E-state index in [1.165, 1.54) is 36.8 Å². The molecule has 4 heteroatoms. The summed E-state index contributed by atoms with van der Waals surface area (Å²) < 4.78 is 2.37. The maximum atomic E-state index is 4.89. The first-order valence-electron chi connectivity index (χ1n) is 8.22. The van der Waals surface area contributed by atoms with Gasteiger partial charge < -0.3 is 15.2 Å². The van der Waals surface area contributed by atoms with E-state index in [2.05, 4.69) is 47.2 Å². The molecule has 1 saturated heterocycles. The summed E-state index contributed by atoms with van der Waals surface area (Å²) in [7, 11) is 0. The molecule has 0 aliphatic carbocycles. The molecule has 1 aliphatic heterocycles. The van der Waals surface area contributed by atoms with Crippen molar-refractivity contribution >= 4 is 17.0 Å². The molecule has 0 radical (unpaired) electrons. The van der Waals surface area contributed by atoms with E-state index in [9.17, 15) is 0 Å². The van der Waals surface area contributed by atoms with Crippen molar-refractivity contribution < 1.29 is 0 Å². The van der Waals surface area contributed by atoms with Crippen LogP contribution in [-0.2, 0) is 6.54 Å². The average molecular weight is 286 g/mol. The number of anilines is 1. The summed E-state index contributed by atoms with van der Waals surface area (Å²) in [6.45, 7) is 7.64. The van der Waals surface area contributed by atoms with Gasteiger partial charge in [0.25, 0.3) is 0 Å². The summed E-state index contributed by atoms with van der Waals surface area (Å²) in [5.74, 6) is 1.06.